The highest BCUT2D eigenvalue weighted by Gasteiger charge is 2.32. The van der Waals surface area contributed by atoms with Crippen LogP contribution in [0.25, 0.3) is 0 Å². The summed E-state index contributed by atoms with van der Waals surface area (Å²) in [6.45, 7) is 6.45. The maximum absolute atomic E-state index is 12.8. The van der Waals surface area contributed by atoms with E-state index in [2.05, 4.69) is 11.8 Å². The summed E-state index contributed by atoms with van der Waals surface area (Å²) < 4.78 is 32.6. The summed E-state index contributed by atoms with van der Waals surface area (Å²) in [7, 11) is -3.37. The Hall–Kier alpha value is -0.950. The minimum atomic E-state index is -3.37. The number of ether oxygens (including phenoxy) is 1. The molecule has 2 saturated heterocycles. The van der Waals surface area contributed by atoms with E-state index < -0.39 is 10.0 Å². The number of benzene rings is 1. The monoisotopic (exact) mass is 338 g/mol. The van der Waals surface area contributed by atoms with Gasteiger partial charge in [-0.1, -0.05) is 25.5 Å². The molecule has 6 heteroatoms. The Morgan fingerprint density at radius 2 is 1.83 bits per heavy atom. The molecule has 5 nitrogen and oxygen atoms in total. The summed E-state index contributed by atoms with van der Waals surface area (Å²) in [4.78, 5) is 2.78. The normalized spacial score (nSPS) is 24.1. The lowest BCUT2D eigenvalue weighted by Gasteiger charge is -2.36. The van der Waals surface area contributed by atoms with Crippen molar-refractivity contribution < 1.29 is 13.2 Å². The van der Waals surface area contributed by atoms with Gasteiger partial charge in [-0.25, -0.2) is 8.42 Å². The second-order valence-corrected chi connectivity index (χ2v) is 8.29. The maximum atomic E-state index is 12.8. The molecule has 2 aliphatic rings. The largest absolute Gasteiger partial charge is 0.380 e. The standard InChI is InChI=1S/C17H26N2O3S/c1-2-3-15-4-6-17(7-5-15)23(20,21)19-11-9-18(10-12-19)16-8-13-22-14-16/h4-7,16H,2-3,8-14H2,1H3. The van der Waals surface area contributed by atoms with Crippen LogP contribution < -0.4 is 0 Å². The molecule has 128 valence electrons. The third-order valence-electron chi connectivity index (χ3n) is 4.80. The Morgan fingerprint density at radius 1 is 1.13 bits per heavy atom. The van der Waals surface area contributed by atoms with Crippen LogP contribution in [0.3, 0.4) is 0 Å². The number of aryl methyl sites for hydroxylation is 1. The molecule has 3 rings (SSSR count). The molecule has 0 aromatic heterocycles. The average Bonchev–Trinajstić information content (AvgIpc) is 3.10. The van der Waals surface area contributed by atoms with Gasteiger partial charge in [0.05, 0.1) is 11.5 Å². The Morgan fingerprint density at radius 3 is 2.39 bits per heavy atom. The number of piperazine rings is 1. The van der Waals surface area contributed by atoms with Gasteiger partial charge in [-0.05, 0) is 30.5 Å². The molecule has 0 saturated carbocycles. The van der Waals surface area contributed by atoms with E-state index in [1.807, 2.05) is 12.1 Å². The smallest absolute Gasteiger partial charge is 0.243 e. The topological polar surface area (TPSA) is 49.9 Å². The van der Waals surface area contributed by atoms with Crippen molar-refractivity contribution in [1.82, 2.24) is 9.21 Å². The van der Waals surface area contributed by atoms with Crippen molar-refractivity contribution in [3.8, 4) is 0 Å². The predicted octanol–water partition coefficient (Wildman–Crippen LogP) is 1.73. The quantitative estimate of drug-likeness (QED) is 0.820. The van der Waals surface area contributed by atoms with Crippen molar-refractivity contribution in [1.29, 1.82) is 0 Å². The molecule has 2 fully saturated rings. The van der Waals surface area contributed by atoms with Crippen molar-refractivity contribution in [2.45, 2.75) is 37.1 Å². The Kier molecular flexibility index (Phi) is 5.36. The van der Waals surface area contributed by atoms with E-state index >= 15 is 0 Å². The second-order valence-electron chi connectivity index (χ2n) is 6.35. The first-order chi connectivity index (χ1) is 11.1. The van der Waals surface area contributed by atoms with Crippen LogP contribution in [0, 0.1) is 0 Å². The van der Waals surface area contributed by atoms with Crippen LogP contribution in [-0.2, 0) is 21.2 Å². The summed E-state index contributed by atoms with van der Waals surface area (Å²) in [6, 6.07) is 7.83. The van der Waals surface area contributed by atoms with E-state index in [9.17, 15) is 8.42 Å². The fourth-order valence-corrected chi connectivity index (χ4v) is 4.81. The SMILES string of the molecule is CCCc1ccc(S(=O)(=O)N2CCN(C3CCOC3)CC2)cc1. The van der Waals surface area contributed by atoms with Gasteiger partial charge in [-0.3, -0.25) is 4.90 Å². The molecule has 0 amide bonds. The molecule has 1 aromatic rings. The average molecular weight is 338 g/mol. The van der Waals surface area contributed by atoms with E-state index in [1.54, 1.807) is 16.4 Å². The molecule has 0 radical (unpaired) electrons. The summed E-state index contributed by atoms with van der Waals surface area (Å²) in [5.74, 6) is 0. The molecular formula is C17H26N2O3S. The molecule has 1 aromatic carbocycles. The van der Waals surface area contributed by atoms with E-state index in [0.717, 1.165) is 45.6 Å². The van der Waals surface area contributed by atoms with Gasteiger partial charge in [-0.2, -0.15) is 4.31 Å². The molecule has 0 aliphatic carbocycles. The highest BCUT2D eigenvalue weighted by Crippen LogP contribution is 2.21. The number of sulfonamides is 1. The Balaban J connectivity index is 1.63. The molecular weight excluding hydrogens is 312 g/mol. The van der Waals surface area contributed by atoms with Crippen molar-refractivity contribution in [2.75, 3.05) is 39.4 Å². The molecule has 0 N–H and O–H groups in total. The minimum Gasteiger partial charge on any atom is -0.380 e. The number of hydrogen-bond donors (Lipinski definition) is 0. The minimum absolute atomic E-state index is 0.412. The van der Waals surface area contributed by atoms with Crippen LogP contribution in [0.15, 0.2) is 29.2 Å². The lowest BCUT2D eigenvalue weighted by atomic mass is 10.1. The fraction of sp³-hybridized carbons (Fsp3) is 0.647. The van der Waals surface area contributed by atoms with Crippen molar-refractivity contribution >= 4 is 10.0 Å². The van der Waals surface area contributed by atoms with E-state index in [0.29, 0.717) is 24.0 Å². The zero-order valence-electron chi connectivity index (χ0n) is 13.8. The summed E-state index contributed by atoms with van der Waals surface area (Å²) in [5.41, 5.74) is 1.19. The van der Waals surface area contributed by atoms with E-state index in [-0.39, 0.29) is 0 Å². The van der Waals surface area contributed by atoms with E-state index in [4.69, 9.17) is 4.74 Å². The van der Waals surface area contributed by atoms with Crippen molar-refractivity contribution in [2.24, 2.45) is 0 Å². The number of nitrogens with zero attached hydrogens (tertiary/aromatic N) is 2. The van der Waals surface area contributed by atoms with Gasteiger partial charge in [0, 0.05) is 38.8 Å². The van der Waals surface area contributed by atoms with Gasteiger partial charge in [-0.15, -0.1) is 0 Å². The van der Waals surface area contributed by atoms with Gasteiger partial charge in [0.1, 0.15) is 0 Å². The van der Waals surface area contributed by atoms with Crippen molar-refractivity contribution in [3.05, 3.63) is 29.8 Å². The van der Waals surface area contributed by atoms with Crippen LogP contribution in [0.5, 0.6) is 0 Å². The summed E-state index contributed by atoms with van der Waals surface area (Å²) in [5, 5.41) is 0. The Labute approximate surface area is 139 Å². The molecule has 23 heavy (non-hydrogen) atoms. The van der Waals surface area contributed by atoms with E-state index in [1.165, 1.54) is 5.56 Å². The van der Waals surface area contributed by atoms with Gasteiger partial charge >= 0.3 is 0 Å². The Bertz CT molecular complexity index is 601. The highest BCUT2D eigenvalue weighted by molar-refractivity contribution is 7.89. The van der Waals surface area contributed by atoms with Crippen LogP contribution in [0.2, 0.25) is 0 Å². The summed E-state index contributed by atoms with van der Waals surface area (Å²) >= 11 is 0. The maximum Gasteiger partial charge on any atom is 0.243 e. The van der Waals surface area contributed by atoms with Gasteiger partial charge in [0.25, 0.3) is 0 Å². The zero-order valence-corrected chi connectivity index (χ0v) is 14.6. The predicted molar refractivity (Wildman–Crippen MR) is 90.0 cm³/mol. The van der Waals surface area contributed by atoms with Crippen LogP contribution >= 0.6 is 0 Å². The third kappa shape index (κ3) is 3.76. The summed E-state index contributed by atoms with van der Waals surface area (Å²) in [6.07, 6.45) is 3.12. The molecule has 2 aliphatic heterocycles. The molecule has 0 bridgehead atoms. The first kappa shape index (κ1) is 16.9. The van der Waals surface area contributed by atoms with Gasteiger partial charge in [0.2, 0.25) is 10.0 Å². The first-order valence-electron chi connectivity index (χ1n) is 8.52. The third-order valence-corrected chi connectivity index (χ3v) is 6.71. The number of hydrogen-bond acceptors (Lipinski definition) is 4. The van der Waals surface area contributed by atoms with Crippen LogP contribution in [0.4, 0.5) is 0 Å². The van der Waals surface area contributed by atoms with Crippen LogP contribution in [-0.4, -0.2) is 63.1 Å². The number of rotatable bonds is 5. The first-order valence-corrected chi connectivity index (χ1v) is 9.96. The molecule has 2 heterocycles. The fourth-order valence-electron chi connectivity index (χ4n) is 3.38. The second kappa shape index (κ2) is 7.30. The van der Waals surface area contributed by atoms with Gasteiger partial charge < -0.3 is 4.74 Å². The molecule has 0 spiro atoms. The van der Waals surface area contributed by atoms with Gasteiger partial charge in [0.15, 0.2) is 0 Å². The zero-order chi connectivity index (χ0) is 16.3. The lowest BCUT2D eigenvalue weighted by Crippen LogP contribution is -2.52. The molecule has 1 unspecified atom stereocenters. The molecule has 1 atom stereocenters. The van der Waals surface area contributed by atoms with Crippen LogP contribution in [0.1, 0.15) is 25.3 Å². The van der Waals surface area contributed by atoms with Crippen molar-refractivity contribution in [3.63, 3.8) is 0 Å². The lowest BCUT2D eigenvalue weighted by molar-refractivity contribution is 0.113. The highest BCUT2D eigenvalue weighted by atomic mass is 32.2.